The Morgan fingerprint density at radius 1 is 0.421 bits per heavy atom. The Hall–Kier alpha value is -7.42. The van der Waals surface area contributed by atoms with E-state index in [0.717, 1.165) is 72.1 Å². The number of benzene rings is 7. The normalized spacial score (nSPS) is 11.8. The fourth-order valence-electron chi connectivity index (χ4n) is 9.24. The molecule has 0 unspecified atom stereocenters. The summed E-state index contributed by atoms with van der Waals surface area (Å²) in [6.45, 7) is 8.58. The number of fused-ring (bicyclic) bond motifs is 9. The van der Waals surface area contributed by atoms with Gasteiger partial charge in [0.2, 0.25) is 0 Å². The molecule has 0 saturated heterocycles. The summed E-state index contributed by atoms with van der Waals surface area (Å²) in [4.78, 5) is 4.52. The van der Waals surface area contributed by atoms with Crippen LogP contribution in [-0.4, -0.2) is 18.7 Å². The van der Waals surface area contributed by atoms with Gasteiger partial charge in [-0.2, -0.15) is 5.26 Å². The Balaban J connectivity index is 1.31. The van der Waals surface area contributed by atoms with E-state index in [2.05, 4.69) is 192 Å². The van der Waals surface area contributed by atoms with Crippen LogP contribution in [0.15, 0.2) is 152 Å². The first-order chi connectivity index (χ1) is 27.9. The smallest absolute Gasteiger partial charge is 0.104 e. The van der Waals surface area contributed by atoms with Gasteiger partial charge in [0.25, 0.3) is 0 Å². The third-order valence-corrected chi connectivity index (χ3v) is 11.8. The maximum Gasteiger partial charge on any atom is 0.104 e. The first kappa shape index (κ1) is 33.0. The van der Waals surface area contributed by atoms with Crippen molar-refractivity contribution in [1.82, 2.24) is 18.7 Å². The van der Waals surface area contributed by atoms with Crippen molar-refractivity contribution in [2.75, 3.05) is 0 Å². The lowest BCUT2D eigenvalue weighted by atomic mass is 9.98. The molecular weight excluding hydrogens is 695 g/mol. The number of hydrogen-bond donors (Lipinski definition) is 0. The maximum absolute atomic E-state index is 11.5. The highest BCUT2D eigenvalue weighted by atomic mass is 15.0. The Morgan fingerprint density at radius 3 is 1.39 bits per heavy atom. The lowest BCUT2D eigenvalue weighted by molar-refractivity contribution is 1.11. The van der Waals surface area contributed by atoms with Crippen LogP contribution < -0.4 is 0 Å². The van der Waals surface area contributed by atoms with Crippen molar-refractivity contribution >= 4 is 65.4 Å². The summed E-state index contributed by atoms with van der Waals surface area (Å²) in [5.74, 6) is 0. The minimum absolute atomic E-state index is 0.610. The number of pyridine rings is 1. The molecule has 0 saturated carbocycles. The van der Waals surface area contributed by atoms with E-state index in [1.54, 1.807) is 0 Å². The van der Waals surface area contributed by atoms with Crippen LogP contribution in [0.25, 0.3) is 93.6 Å². The van der Waals surface area contributed by atoms with Gasteiger partial charge in [-0.3, -0.25) is 4.98 Å². The molecule has 0 spiro atoms. The van der Waals surface area contributed by atoms with Gasteiger partial charge in [0.1, 0.15) is 11.6 Å². The fraction of sp³-hybridized carbons (Fsp3) is 0.0769. The van der Waals surface area contributed by atoms with Crippen LogP contribution in [-0.2, 0) is 0 Å². The second-order valence-electron chi connectivity index (χ2n) is 15.5. The van der Waals surface area contributed by atoms with E-state index in [1.807, 2.05) is 12.4 Å². The number of para-hydroxylation sites is 2. The molecule has 0 bridgehead atoms. The SMILES string of the molecule is Cc1ccc2c(c1)c1cc(C)ccc1n2-c1cc(-c2ccccc2-n2c3ccccc3c3cnccc32)cc(-n2c3ccc(C)cc3c3cc(C)ccc32)c1C#N. The van der Waals surface area contributed by atoms with E-state index in [-0.39, 0.29) is 0 Å². The van der Waals surface area contributed by atoms with Crippen LogP contribution in [0, 0.1) is 39.0 Å². The second-order valence-corrected chi connectivity index (χ2v) is 15.5. The lowest BCUT2D eigenvalue weighted by Gasteiger charge is -2.20. The van der Waals surface area contributed by atoms with Gasteiger partial charge in [-0.05, 0) is 112 Å². The molecule has 11 aromatic rings. The number of nitrogens with zero attached hydrogens (tertiary/aromatic N) is 5. The van der Waals surface area contributed by atoms with Crippen molar-refractivity contribution in [3.05, 3.63) is 180 Å². The molecule has 4 aromatic heterocycles. The molecular formula is C52H37N5. The summed E-state index contributed by atoms with van der Waals surface area (Å²) in [6, 6.07) is 53.1. The van der Waals surface area contributed by atoms with Crippen LogP contribution in [0.4, 0.5) is 0 Å². The topological polar surface area (TPSA) is 51.5 Å². The number of rotatable bonds is 4. The molecule has 5 nitrogen and oxygen atoms in total. The largest absolute Gasteiger partial charge is 0.309 e. The quantitative estimate of drug-likeness (QED) is 0.181. The van der Waals surface area contributed by atoms with Crippen LogP contribution >= 0.6 is 0 Å². The summed E-state index contributed by atoms with van der Waals surface area (Å²) in [5.41, 5.74) is 16.7. The Bertz CT molecular complexity index is 3210. The molecule has 0 amide bonds. The molecule has 5 heteroatoms. The van der Waals surface area contributed by atoms with Gasteiger partial charge in [-0.15, -0.1) is 0 Å². The van der Waals surface area contributed by atoms with E-state index in [9.17, 15) is 5.26 Å². The van der Waals surface area contributed by atoms with Crippen LogP contribution in [0.3, 0.4) is 0 Å². The first-order valence-corrected chi connectivity index (χ1v) is 19.4. The zero-order valence-electron chi connectivity index (χ0n) is 32.2. The molecule has 0 radical (unpaired) electrons. The standard InChI is InChI=1S/C52H37N5/c1-31-13-17-46-38(23-31)39-24-32(2)14-18-47(39)56(46)51-27-35(36-9-5-7-11-44(36)55-45-12-8-6-10-37(45)43-30-54-22-21-50(43)55)28-52(42(51)29-53)57-48-19-15-33(3)25-40(48)41-26-34(4)16-20-49(41)57/h5-28,30H,1-4H3. The molecule has 0 N–H and O–H groups in total. The van der Waals surface area contributed by atoms with E-state index >= 15 is 0 Å². The fourth-order valence-corrected chi connectivity index (χ4v) is 9.24. The number of aryl methyl sites for hydroxylation is 4. The summed E-state index contributed by atoms with van der Waals surface area (Å²) in [5, 5.41) is 18.4. The predicted molar refractivity (Wildman–Crippen MR) is 236 cm³/mol. The van der Waals surface area contributed by atoms with Gasteiger partial charge >= 0.3 is 0 Å². The predicted octanol–water partition coefficient (Wildman–Crippen LogP) is 13.1. The highest BCUT2D eigenvalue weighted by Crippen LogP contribution is 2.43. The average Bonchev–Trinajstić information content (AvgIpc) is 3.85. The van der Waals surface area contributed by atoms with Gasteiger partial charge in [0, 0.05) is 50.3 Å². The van der Waals surface area contributed by atoms with Crippen LogP contribution in [0.5, 0.6) is 0 Å². The van der Waals surface area contributed by atoms with E-state index in [1.165, 1.54) is 43.8 Å². The van der Waals surface area contributed by atoms with Gasteiger partial charge in [0.15, 0.2) is 0 Å². The van der Waals surface area contributed by atoms with Gasteiger partial charge in [-0.25, -0.2) is 0 Å². The third-order valence-electron chi connectivity index (χ3n) is 11.8. The average molecular weight is 732 g/mol. The lowest BCUT2D eigenvalue weighted by Crippen LogP contribution is -2.06. The van der Waals surface area contributed by atoms with Crippen molar-refractivity contribution in [3.8, 4) is 34.3 Å². The minimum Gasteiger partial charge on any atom is -0.309 e. The summed E-state index contributed by atoms with van der Waals surface area (Å²) in [7, 11) is 0. The molecule has 0 aliphatic heterocycles. The van der Waals surface area contributed by atoms with Crippen molar-refractivity contribution < 1.29 is 0 Å². The van der Waals surface area contributed by atoms with E-state index < -0.39 is 0 Å². The third kappa shape index (κ3) is 4.84. The van der Waals surface area contributed by atoms with Crippen molar-refractivity contribution in [1.29, 1.82) is 5.26 Å². The molecule has 0 fully saturated rings. The monoisotopic (exact) mass is 731 g/mol. The summed E-state index contributed by atoms with van der Waals surface area (Å²) < 4.78 is 6.98. The van der Waals surface area contributed by atoms with Gasteiger partial charge in [0.05, 0.1) is 50.2 Å². The van der Waals surface area contributed by atoms with Crippen molar-refractivity contribution in [2.45, 2.75) is 27.7 Å². The summed E-state index contributed by atoms with van der Waals surface area (Å²) >= 11 is 0. The number of nitriles is 1. The van der Waals surface area contributed by atoms with Gasteiger partial charge < -0.3 is 13.7 Å². The molecule has 0 aliphatic rings. The number of aromatic nitrogens is 4. The Kier molecular flexibility index (Phi) is 7.11. The molecule has 4 heterocycles. The molecule has 0 aliphatic carbocycles. The second kappa shape index (κ2) is 12.3. The maximum atomic E-state index is 11.5. The number of hydrogen-bond acceptors (Lipinski definition) is 2. The highest BCUT2D eigenvalue weighted by Gasteiger charge is 2.24. The van der Waals surface area contributed by atoms with Gasteiger partial charge in [-0.1, -0.05) is 82.9 Å². The molecule has 270 valence electrons. The van der Waals surface area contributed by atoms with Crippen molar-refractivity contribution in [3.63, 3.8) is 0 Å². The van der Waals surface area contributed by atoms with Crippen LogP contribution in [0.1, 0.15) is 27.8 Å². The van der Waals surface area contributed by atoms with E-state index in [4.69, 9.17) is 0 Å². The zero-order chi connectivity index (χ0) is 38.5. The Morgan fingerprint density at radius 2 is 0.860 bits per heavy atom. The molecule has 0 atom stereocenters. The molecule has 7 aromatic carbocycles. The Labute approximate surface area is 329 Å². The molecule has 57 heavy (non-hydrogen) atoms. The molecule has 11 rings (SSSR count). The zero-order valence-corrected chi connectivity index (χ0v) is 32.2. The summed E-state index contributed by atoms with van der Waals surface area (Å²) in [6.07, 6.45) is 3.84. The first-order valence-electron chi connectivity index (χ1n) is 19.4. The van der Waals surface area contributed by atoms with Crippen LogP contribution in [0.2, 0.25) is 0 Å². The van der Waals surface area contributed by atoms with E-state index in [0.29, 0.717) is 5.56 Å². The van der Waals surface area contributed by atoms with Crippen molar-refractivity contribution in [2.24, 2.45) is 0 Å². The highest BCUT2D eigenvalue weighted by molar-refractivity contribution is 6.12. The minimum atomic E-state index is 0.610.